The summed E-state index contributed by atoms with van der Waals surface area (Å²) in [6.07, 6.45) is 0. The number of carbonyl (C=O) groups excluding carboxylic acids is 1. The van der Waals surface area contributed by atoms with Crippen LogP contribution in [0.5, 0.6) is 0 Å². The first-order chi connectivity index (χ1) is 14.1. The highest BCUT2D eigenvalue weighted by molar-refractivity contribution is 7.16. The van der Waals surface area contributed by atoms with Crippen LogP contribution in [0.1, 0.15) is 17.3 Å². The molecule has 29 heavy (non-hydrogen) atoms. The van der Waals surface area contributed by atoms with Gasteiger partial charge in [-0.15, -0.1) is 0 Å². The molecule has 4 nitrogen and oxygen atoms in total. The first-order valence-corrected chi connectivity index (χ1v) is 10.8. The zero-order valence-corrected chi connectivity index (χ0v) is 18.0. The Balaban J connectivity index is 1.82. The number of hydrogen-bond acceptors (Lipinski definition) is 3. The van der Waals surface area contributed by atoms with E-state index in [1.807, 2.05) is 54.0 Å². The third kappa shape index (κ3) is 4.09. The van der Waals surface area contributed by atoms with Gasteiger partial charge in [0.05, 0.1) is 26.9 Å². The zero-order chi connectivity index (χ0) is 20.4. The molecule has 0 aliphatic carbocycles. The maximum Gasteiger partial charge on any atom is 0.279 e. The number of thiazole rings is 1. The molecule has 4 rings (SSSR count). The molecular formula is C22H18Cl2N2O2S. The average Bonchev–Trinajstić information content (AvgIpc) is 3.08. The topological polar surface area (TPSA) is 43.6 Å². The molecule has 0 atom stereocenters. The minimum Gasteiger partial charge on any atom is -0.380 e. The maximum absolute atomic E-state index is 12.9. The molecule has 0 bridgehead atoms. The Kier molecular flexibility index (Phi) is 6.01. The lowest BCUT2D eigenvalue weighted by Gasteiger charge is -2.07. The van der Waals surface area contributed by atoms with Gasteiger partial charge < -0.3 is 9.30 Å². The van der Waals surface area contributed by atoms with Crippen LogP contribution in [0.15, 0.2) is 59.6 Å². The Bertz CT molecular complexity index is 1280. The fourth-order valence-corrected chi connectivity index (χ4v) is 4.71. The van der Waals surface area contributed by atoms with Gasteiger partial charge in [-0.1, -0.05) is 64.9 Å². The van der Waals surface area contributed by atoms with Gasteiger partial charge in [-0.2, -0.15) is 4.99 Å². The smallest absolute Gasteiger partial charge is 0.279 e. The first-order valence-electron chi connectivity index (χ1n) is 9.21. The number of halogens is 2. The number of hydrogen-bond donors (Lipinski definition) is 0. The van der Waals surface area contributed by atoms with Gasteiger partial charge >= 0.3 is 0 Å². The highest BCUT2D eigenvalue weighted by atomic mass is 35.5. The predicted octanol–water partition coefficient (Wildman–Crippen LogP) is 5.94. The third-order valence-electron chi connectivity index (χ3n) is 4.59. The van der Waals surface area contributed by atoms with Crippen molar-refractivity contribution in [1.82, 2.24) is 4.57 Å². The van der Waals surface area contributed by atoms with Gasteiger partial charge in [-0.25, -0.2) is 0 Å². The van der Waals surface area contributed by atoms with E-state index in [2.05, 4.69) is 4.99 Å². The lowest BCUT2D eigenvalue weighted by Crippen LogP contribution is -2.20. The van der Waals surface area contributed by atoms with Crippen molar-refractivity contribution in [3.8, 4) is 0 Å². The normalized spacial score (nSPS) is 12.2. The van der Waals surface area contributed by atoms with Gasteiger partial charge in [0.1, 0.15) is 0 Å². The zero-order valence-electron chi connectivity index (χ0n) is 15.7. The van der Waals surface area contributed by atoms with E-state index in [9.17, 15) is 4.79 Å². The standard InChI is InChI=1S/C22H18Cl2N2O2S/c1-2-28-12-11-26-20-18(10-9-17(23)19(20)24)29-22(26)25-21(27)16-8-7-14-5-3-4-6-15(14)13-16/h3-10,13H,2,11-12H2,1H3. The Hall–Kier alpha value is -2.18. The molecule has 0 aliphatic heterocycles. The van der Waals surface area contributed by atoms with E-state index in [4.69, 9.17) is 27.9 Å². The number of nitrogens with zero attached hydrogens (tertiary/aromatic N) is 2. The second-order valence-corrected chi connectivity index (χ2v) is 8.21. The van der Waals surface area contributed by atoms with Gasteiger partial charge in [-0.3, -0.25) is 4.79 Å². The lowest BCUT2D eigenvalue weighted by molar-refractivity contribution is 0.0997. The van der Waals surface area contributed by atoms with Crippen LogP contribution in [-0.4, -0.2) is 23.7 Å². The van der Waals surface area contributed by atoms with Crippen molar-refractivity contribution in [2.45, 2.75) is 13.5 Å². The van der Waals surface area contributed by atoms with Crippen LogP contribution in [0.2, 0.25) is 10.0 Å². The molecule has 0 spiro atoms. The Labute approximate surface area is 182 Å². The molecule has 148 valence electrons. The van der Waals surface area contributed by atoms with E-state index >= 15 is 0 Å². The van der Waals surface area contributed by atoms with Crippen molar-refractivity contribution in [3.05, 3.63) is 75.0 Å². The van der Waals surface area contributed by atoms with E-state index in [-0.39, 0.29) is 5.91 Å². The van der Waals surface area contributed by atoms with Crippen LogP contribution >= 0.6 is 34.5 Å². The number of rotatable bonds is 5. The summed E-state index contributed by atoms with van der Waals surface area (Å²) in [4.78, 5) is 17.9. The molecule has 0 aliphatic rings. The van der Waals surface area contributed by atoms with Crippen LogP contribution in [0.4, 0.5) is 0 Å². The SMILES string of the molecule is CCOCCn1c(=NC(=O)c2ccc3ccccc3c2)sc2ccc(Cl)c(Cl)c21. The van der Waals surface area contributed by atoms with E-state index < -0.39 is 0 Å². The molecule has 1 amide bonds. The summed E-state index contributed by atoms with van der Waals surface area (Å²) >= 11 is 14.1. The van der Waals surface area contributed by atoms with Gasteiger partial charge in [0.25, 0.3) is 5.91 Å². The fourth-order valence-electron chi connectivity index (χ4n) is 3.17. The summed E-state index contributed by atoms with van der Waals surface area (Å²) in [5, 5.41) is 3.01. The second kappa shape index (κ2) is 8.67. The minimum atomic E-state index is -0.297. The quantitative estimate of drug-likeness (QED) is 0.357. The van der Waals surface area contributed by atoms with E-state index in [0.717, 1.165) is 21.0 Å². The number of aromatic nitrogens is 1. The number of carbonyl (C=O) groups is 1. The Morgan fingerprint density at radius 1 is 1.10 bits per heavy atom. The summed E-state index contributed by atoms with van der Waals surface area (Å²) in [5.41, 5.74) is 1.32. The monoisotopic (exact) mass is 444 g/mol. The predicted molar refractivity (Wildman–Crippen MR) is 120 cm³/mol. The van der Waals surface area contributed by atoms with Gasteiger partial charge in [0, 0.05) is 18.7 Å². The summed E-state index contributed by atoms with van der Waals surface area (Å²) in [5.74, 6) is -0.297. The van der Waals surface area contributed by atoms with E-state index in [1.54, 1.807) is 12.1 Å². The van der Waals surface area contributed by atoms with Gasteiger partial charge in [-0.05, 0) is 42.0 Å². The highest BCUT2D eigenvalue weighted by Crippen LogP contribution is 2.32. The average molecular weight is 445 g/mol. The second-order valence-electron chi connectivity index (χ2n) is 6.42. The molecule has 3 aromatic carbocycles. The molecule has 4 aromatic rings. The molecule has 1 heterocycles. The van der Waals surface area contributed by atoms with Crippen LogP contribution in [0.3, 0.4) is 0 Å². The highest BCUT2D eigenvalue weighted by Gasteiger charge is 2.14. The van der Waals surface area contributed by atoms with Crippen molar-refractivity contribution < 1.29 is 9.53 Å². The molecule has 0 fully saturated rings. The van der Waals surface area contributed by atoms with Crippen LogP contribution in [-0.2, 0) is 11.3 Å². The molecular weight excluding hydrogens is 427 g/mol. The van der Waals surface area contributed by atoms with Crippen molar-refractivity contribution in [2.24, 2.45) is 4.99 Å². The molecule has 0 radical (unpaired) electrons. The summed E-state index contributed by atoms with van der Waals surface area (Å²) < 4.78 is 8.32. The Morgan fingerprint density at radius 2 is 1.90 bits per heavy atom. The van der Waals surface area contributed by atoms with Gasteiger partial charge in [0.2, 0.25) is 0 Å². The summed E-state index contributed by atoms with van der Waals surface area (Å²) in [6.45, 7) is 3.56. The first kappa shape index (κ1) is 20.1. The largest absolute Gasteiger partial charge is 0.380 e. The minimum absolute atomic E-state index is 0.297. The molecule has 7 heteroatoms. The Morgan fingerprint density at radius 3 is 2.69 bits per heavy atom. The molecule has 1 aromatic heterocycles. The molecule has 0 N–H and O–H groups in total. The van der Waals surface area contributed by atoms with Crippen LogP contribution in [0.25, 0.3) is 21.0 Å². The van der Waals surface area contributed by atoms with Crippen molar-refractivity contribution in [1.29, 1.82) is 0 Å². The van der Waals surface area contributed by atoms with E-state index in [0.29, 0.717) is 40.2 Å². The maximum atomic E-state index is 12.9. The third-order valence-corrected chi connectivity index (χ3v) is 6.43. The number of ether oxygens (including phenoxy) is 1. The van der Waals surface area contributed by atoms with Crippen molar-refractivity contribution in [2.75, 3.05) is 13.2 Å². The van der Waals surface area contributed by atoms with Gasteiger partial charge in [0.15, 0.2) is 4.80 Å². The van der Waals surface area contributed by atoms with Crippen molar-refractivity contribution in [3.63, 3.8) is 0 Å². The fraction of sp³-hybridized carbons (Fsp3) is 0.182. The number of fused-ring (bicyclic) bond motifs is 2. The van der Waals surface area contributed by atoms with Crippen molar-refractivity contribution >= 4 is 61.4 Å². The molecule has 0 saturated carbocycles. The summed E-state index contributed by atoms with van der Waals surface area (Å²) in [6, 6.07) is 17.2. The lowest BCUT2D eigenvalue weighted by atomic mass is 10.1. The molecule has 0 saturated heterocycles. The van der Waals surface area contributed by atoms with Crippen LogP contribution < -0.4 is 4.80 Å². The number of amides is 1. The van der Waals surface area contributed by atoms with E-state index in [1.165, 1.54) is 11.3 Å². The number of benzene rings is 3. The van der Waals surface area contributed by atoms with Crippen LogP contribution in [0, 0.1) is 0 Å². The summed E-state index contributed by atoms with van der Waals surface area (Å²) in [7, 11) is 0. The molecule has 0 unspecified atom stereocenters.